The second-order valence-corrected chi connectivity index (χ2v) is 6.10. The van der Waals surface area contributed by atoms with Crippen molar-refractivity contribution in [2.45, 2.75) is 96.4 Å². The van der Waals surface area contributed by atoms with Gasteiger partial charge >= 0.3 is 0 Å². The Kier molecular flexibility index (Phi) is 10.1. The Morgan fingerprint density at radius 1 is 1.00 bits per heavy atom. The van der Waals surface area contributed by atoms with Crippen LogP contribution in [0.25, 0.3) is 0 Å². The van der Waals surface area contributed by atoms with Crippen LogP contribution in [-0.4, -0.2) is 18.4 Å². The number of piperidine rings is 1. The molecule has 0 amide bonds. The topological polar surface area (TPSA) is 29.1 Å². The number of hydrogen-bond donors (Lipinski definition) is 1. The van der Waals surface area contributed by atoms with Gasteiger partial charge < -0.3 is 5.32 Å². The van der Waals surface area contributed by atoms with E-state index in [1.807, 2.05) is 0 Å². The summed E-state index contributed by atoms with van der Waals surface area (Å²) < 4.78 is 0. The van der Waals surface area contributed by atoms with Gasteiger partial charge in [0.25, 0.3) is 0 Å². The predicted octanol–water partition coefficient (Wildman–Crippen LogP) is 4.62. The van der Waals surface area contributed by atoms with E-state index in [4.69, 9.17) is 0 Å². The van der Waals surface area contributed by atoms with Crippen molar-refractivity contribution >= 4 is 5.78 Å². The molecule has 1 unspecified atom stereocenters. The summed E-state index contributed by atoms with van der Waals surface area (Å²) in [7, 11) is 0. The zero-order valence-corrected chi connectivity index (χ0v) is 12.9. The van der Waals surface area contributed by atoms with Gasteiger partial charge in [-0.2, -0.15) is 0 Å². The van der Waals surface area contributed by atoms with E-state index >= 15 is 0 Å². The average molecular weight is 267 g/mol. The summed E-state index contributed by atoms with van der Waals surface area (Å²) >= 11 is 0. The summed E-state index contributed by atoms with van der Waals surface area (Å²) in [5, 5.41) is 3.52. The number of rotatable bonds is 11. The van der Waals surface area contributed by atoms with Crippen molar-refractivity contribution in [3.63, 3.8) is 0 Å². The van der Waals surface area contributed by atoms with E-state index in [0.29, 0.717) is 11.8 Å². The molecule has 19 heavy (non-hydrogen) atoms. The fourth-order valence-corrected chi connectivity index (χ4v) is 2.91. The molecule has 1 rings (SSSR count). The van der Waals surface area contributed by atoms with Gasteiger partial charge in [0, 0.05) is 18.9 Å². The molecule has 112 valence electrons. The monoisotopic (exact) mass is 267 g/mol. The van der Waals surface area contributed by atoms with E-state index in [-0.39, 0.29) is 0 Å². The molecule has 1 aliphatic heterocycles. The summed E-state index contributed by atoms with van der Waals surface area (Å²) in [6.07, 6.45) is 15.7. The molecule has 1 saturated heterocycles. The van der Waals surface area contributed by atoms with Crippen LogP contribution < -0.4 is 5.32 Å². The Morgan fingerprint density at radius 3 is 2.42 bits per heavy atom. The van der Waals surface area contributed by atoms with Gasteiger partial charge in [0.1, 0.15) is 5.78 Å². The second kappa shape index (κ2) is 11.5. The van der Waals surface area contributed by atoms with Crippen LogP contribution >= 0.6 is 0 Å². The first-order chi connectivity index (χ1) is 9.33. The van der Waals surface area contributed by atoms with E-state index in [1.165, 1.54) is 57.8 Å². The maximum Gasteiger partial charge on any atom is 0.132 e. The van der Waals surface area contributed by atoms with E-state index in [2.05, 4.69) is 12.2 Å². The van der Waals surface area contributed by atoms with E-state index in [9.17, 15) is 4.79 Å². The van der Waals surface area contributed by atoms with Gasteiger partial charge in [-0.15, -0.1) is 0 Å². The molecular weight excluding hydrogens is 234 g/mol. The molecule has 0 aromatic carbocycles. The van der Waals surface area contributed by atoms with Crippen molar-refractivity contribution in [3.05, 3.63) is 0 Å². The van der Waals surface area contributed by atoms with E-state index in [1.54, 1.807) is 0 Å². The Balaban J connectivity index is 1.87. The lowest BCUT2D eigenvalue weighted by molar-refractivity contribution is -0.119. The molecule has 0 radical (unpaired) electrons. The predicted molar refractivity (Wildman–Crippen MR) is 82.5 cm³/mol. The zero-order chi connectivity index (χ0) is 13.8. The first-order valence-electron chi connectivity index (χ1n) is 8.58. The molecule has 0 bridgehead atoms. The van der Waals surface area contributed by atoms with Gasteiger partial charge in [0.05, 0.1) is 0 Å². The molecule has 1 N–H and O–H groups in total. The summed E-state index contributed by atoms with van der Waals surface area (Å²) in [4.78, 5) is 11.8. The molecule has 1 atom stereocenters. The largest absolute Gasteiger partial charge is 0.314 e. The first-order valence-corrected chi connectivity index (χ1v) is 8.58. The molecule has 1 aliphatic rings. The van der Waals surface area contributed by atoms with Crippen molar-refractivity contribution < 1.29 is 4.79 Å². The SMILES string of the molecule is CCCCCCCCCC(=O)CCC1CCCCN1. The highest BCUT2D eigenvalue weighted by atomic mass is 16.1. The maximum atomic E-state index is 11.8. The highest BCUT2D eigenvalue weighted by Crippen LogP contribution is 2.14. The molecule has 0 saturated carbocycles. The Bertz CT molecular complexity index is 221. The van der Waals surface area contributed by atoms with Gasteiger partial charge in [0.2, 0.25) is 0 Å². The van der Waals surface area contributed by atoms with Crippen LogP contribution in [0.1, 0.15) is 90.4 Å². The molecule has 2 nitrogen and oxygen atoms in total. The van der Waals surface area contributed by atoms with Gasteiger partial charge in [-0.1, -0.05) is 51.9 Å². The normalized spacial score (nSPS) is 19.5. The molecule has 1 fully saturated rings. The number of unbranched alkanes of at least 4 members (excludes halogenated alkanes) is 6. The van der Waals surface area contributed by atoms with Crippen LogP contribution in [0.4, 0.5) is 0 Å². The van der Waals surface area contributed by atoms with Crippen LogP contribution in [-0.2, 0) is 4.79 Å². The summed E-state index contributed by atoms with van der Waals surface area (Å²) in [5.41, 5.74) is 0. The minimum Gasteiger partial charge on any atom is -0.314 e. The standard InChI is InChI=1S/C17H33NO/c1-2-3-4-5-6-7-8-12-17(19)14-13-16-11-9-10-15-18-16/h16,18H,2-15H2,1H3. The van der Waals surface area contributed by atoms with E-state index < -0.39 is 0 Å². The Hall–Kier alpha value is -0.370. The van der Waals surface area contributed by atoms with Gasteiger partial charge in [0.15, 0.2) is 0 Å². The number of carbonyl (C=O) groups is 1. The average Bonchev–Trinajstić information content (AvgIpc) is 2.45. The lowest BCUT2D eigenvalue weighted by Gasteiger charge is -2.22. The molecule has 0 aliphatic carbocycles. The number of ketones is 1. The number of Topliss-reactive ketones (excluding diaryl/α,β-unsaturated/α-hetero) is 1. The first kappa shape index (κ1) is 16.7. The van der Waals surface area contributed by atoms with Crippen molar-refractivity contribution in [1.82, 2.24) is 5.32 Å². The lowest BCUT2D eigenvalue weighted by atomic mass is 9.98. The fourth-order valence-electron chi connectivity index (χ4n) is 2.91. The van der Waals surface area contributed by atoms with Gasteiger partial charge in [-0.3, -0.25) is 4.79 Å². The Labute approximate surface area is 119 Å². The van der Waals surface area contributed by atoms with E-state index in [0.717, 1.165) is 32.2 Å². The summed E-state index contributed by atoms with van der Waals surface area (Å²) in [6.45, 7) is 3.40. The molecule has 0 aromatic heterocycles. The van der Waals surface area contributed by atoms with Crippen molar-refractivity contribution in [2.24, 2.45) is 0 Å². The fraction of sp³-hybridized carbons (Fsp3) is 0.941. The lowest BCUT2D eigenvalue weighted by Crippen LogP contribution is -2.34. The molecule has 0 spiro atoms. The van der Waals surface area contributed by atoms with Gasteiger partial charge in [-0.05, 0) is 32.2 Å². The zero-order valence-electron chi connectivity index (χ0n) is 12.9. The van der Waals surface area contributed by atoms with Crippen LogP contribution in [0.5, 0.6) is 0 Å². The third-order valence-electron chi connectivity index (χ3n) is 4.24. The number of hydrogen-bond acceptors (Lipinski definition) is 2. The summed E-state index contributed by atoms with van der Waals surface area (Å²) in [5.74, 6) is 0.487. The van der Waals surface area contributed by atoms with Crippen molar-refractivity contribution in [2.75, 3.05) is 6.54 Å². The van der Waals surface area contributed by atoms with Crippen LogP contribution in [0.15, 0.2) is 0 Å². The van der Waals surface area contributed by atoms with Gasteiger partial charge in [-0.25, -0.2) is 0 Å². The quantitative estimate of drug-likeness (QED) is 0.553. The van der Waals surface area contributed by atoms with Crippen molar-refractivity contribution in [3.8, 4) is 0 Å². The number of carbonyl (C=O) groups excluding carboxylic acids is 1. The highest BCUT2D eigenvalue weighted by molar-refractivity contribution is 5.78. The smallest absolute Gasteiger partial charge is 0.132 e. The second-order valence-electron chi connectivity index (χ2n) is 6.10. The minimum atomic E-state index is 0.487. The third kappa shape index (κ3) is 9.21. The molecule has 1 heterocycles. The van der Waals surface area contributed by atoms with Crippen LogP contribution in [0.2, 0.25) is 0 Å². The van der Waals surface area contributed by atoms with Crippen molar-refractivity contribution in [1.29, 1.82) is 0 Å². The Morgan fingerprint density at radius 2 is 1.74 bits per heavy atom. The third-order valence-corrected chi connectivity index (χ3v) is 4.24. The highest BCUT2D eigenvalue weighted by Gasteiger charge is 2.13. The van der Waals surface area contributed by atoms with Crippen LogP contribution in [0, 0.1) is 0 Å². The maximum absolute atomic E-state index is 11.8. The summed E-state index contributed by atoms with van der Waals surface area (Å²) in [6, 6.07) is 0.617. The molecular formula is C17H33NO. The molecule has 2 heteroatoms. The van der Waals surface area contributed by atoms with Crippen LogP contribution in [0.3, 0.4) is 0 Å². The minimum absolute atomic E-state index is 0.487. The molecule has 0 aromatic rings. The number of nitrogens with one attached hydrogen (secondary N) is 1.